The first-order valence-corrected chi connectivity index (χ1v) is 10.2. The van der Waals surface area contributed by atoms with Gasteiger partial charge in [0.05, 0.1) is 15.8 Å². The molecule has 0 saturated heterocycles. The molecule has 0 aliphatic heterocycles. The maximum absolute atomic E-state index is 6.10. The van der Waals surface area contributed by atoms with Crippen LogP contribution in [0, 0.1) is 5.92 Å². The lowest BCUT2D eigenvalue weighted by atomic mass is 9.93. The number of allylic oxidation sites excluding steroid dienone is 1. The highest BCUT2D eigenvalue weighted by molar-refractivity contribution is 6.39. The van der Waals surface area contributed by atoms with Crippen molar-refractivity contribution in [1.29, 1.82) is 0 Å². The molecule has 0 N–H and O–H groups in total. The minimum Gasteiger partial charge on any atom is -0.456 e. The normalized spacial score (nSPS) is 16.3. The molecule has 3 radical (unpaired) electrons. The summed E-state index contributed by atoms with van der Waals surface area (Å²) < 4.78 is 8.48. The number of furan rings is 1. The third-order valence-corrected chi connectivity index (χ3v) is 6.22. The van der Waals surface area contributed by atoms with Crippen LogP contribution in [0.1, 0.15) is 18.2 Å². The van der Waals surface area contributed by atoms with Gasteiger partial charge >= 0.3 is 0 Å². The van der Waals surface area contributed by atoms with Crippen molar-refractivity contribution in [2.75, 3.05) is 0 Å². The summed E-state index contributed by atoms with van der Waals surface area (Å²) in [6.45, 7) is 2.28. The lowest BCUT2D eigenvalue weighted by molar-refractivity contribution is 0.671. The Kier molecular flexibility index (Phi) is 3.26. The van der Waals surface area contributed by atoms with E-state index >= 15 is 0 Å². The van der Waals surface area contributed by atoms with Crippen LogP contribution >= 0.6 is 0 Å². The first-order valence-electron chi connectivity index (χ1n) is 9.68. The molecule has 0 amide bonds. The molecule has 6 rings (SSSR count). The number of hydrogen-bond donors (Lipinski definition) is 0. The van der Waals surface area contributed by atoms with E-state index in [4.69, 9.17) is 4.42 Å². The van der Waals surface area contributed by atoms with E-state index in [1.807, 2.05) is 12.1 Å². The van der Waals surface area contributed by atoms with Crippen LogP contribution in [0.4, 0.5) is 0 Å². The Morgan fingerprint density at radius 3 is 2.64 bits per heavy atom. The van der Waals surface area contributed by atoms with Crippen molar-refractivity contribution in [3.8, 4) is 5.69 Å². The van der Waals surface area contributed by atoms with E-state index in [1.165, 1.54) is 22.2 Å². The van der Waals surface area contributed by atoms with E-state index in [1.54, 1.807) is 0 Å². The van der Waals surface area contributed by atoms with Gasteiger partial charge in [0.15, 0.2) is 0 Å². The molecular weight excluding hydrogens is 358 g/mol. The maximum Gasteiger partial charge on any atom is 0.135 e. The molecule has 5 aromatic rings. The molecule has 2 aromatic heterocycles. The monoisotopic (exact) mass is 376 g/mol. The summed E-state index contributed by atoms with van der Waals surface area (Å²) in [5.41, 5.74) is 6.96. The second-order valence-electron chi connectivity index (χ2n) is 7.73. The number of hydrogen-bond acceptors (Lipinski definition) is 1. The van der Waals surface area contributed by atoms with Crippen LogP contribution in [-0.4, -0.2) is 14.8 Å². The van der Waals surface area contributed by atoms with Crippen LogP contribution in [0.25, 0.3) is 44.6 Å². The van der Waals surface area contributed by atoms with Crippen molar-refractivity contribution in [2.45, 2.75) is 13.3 Å². The smallest absolute Gasteiger partial charge is 0.135 e. The molecule has 2 nitrogen and oxygen atoms in total. The number of para-hydroxylation sites is 2. The first kappa shape index (κ1) is 16.0. The number of fused-ring (bicyclic) bond motifs is 6. The van der Waals surface area contributed by atoms with E-state index in [9.17, 15) is 0 Å². The van der Waals surface area contributed by atoms with E-state index in [0.717, 1.165) is 39.2 Å². The van der Waals surface area contributed by atoms with Crippen LogP contribution in [0.2, 0.25) is 0 Å². The standard InChI is InChI=1S/C25H18NOSi/c1-15-10-11-22-19(12-15)17-6-2-4-8-21(17)26(22)16-13-20-18-7-3-5-9-23(18)27-25(20)24(28)14-16/h2-11,13-15H,12H2,1H3. The molecule has 3 aromatic carbocycles. The molecule has 0 spiro atoms. The third-order valence-electron chi connectivity index (χ3n) is 5.85. The van der Waals surface area contributed by atoms with Gasteiger partial charge in [-0.2, -0.15) is 0 Å². The second kappa shape index (κ2) is 5.73. The summed E-state index contributed by atoms with van der Waals surface area (Å²) in [5, 5.41) is 4.61. The molecule has 1 unspecified atom stereocenters. The van der Waals surface area contributed by atoms with Crippen LogP contribution in [0.3, 0.4) is 0 Å². The average Bonchev–Trinajstić information content (AvgIpc) is 3.24. The Bertz CT molecular complexity index is 1420. The Hall–Kier alpha value is -3.04. The zero-order valence-corrected chi connectivity index (χ0v) is 16.6. The Morgan fingerprint density at radius 1 is 0.964 bits per heavy atom. The molecule has 0 fully saturated rings. The molecule has 0 saturated carbocycles. The fraction of sp³-hybridized carbons (Fsp3) is 0.120. The van der Waals surface area contributed by atoms with Crippen LogP contribution in [0.15, 0.2) is 71.2 Å². The molecule has 0 bridgehead atoms. The fourth-order valence-corrected chi connectivity index (χ4v) is 4.91. The summed E-state index contributed by atoms with van der Waals surface area (Å²) in [5.74, 6) is 0.568. The Labute approximate surface area is 166 Å². The molecule has 3 heteroatoms. The van der Waals surface area contributed by atoms with E-state index in [0.29, 0.717) is 5.92 Å². The molecule has 1 atom stereocenters. The number of benzene rings is 3. The topological polar surface area (TPSA) is 18.1 Å². The maximum atomic E-state index is 6.10. The second-order valence-corrected chi connectivity index (χ2v) is 8.26. The zero-order valence-electron chi connectivity index (χ0n) is 15.6. The van der Waals surface area contributed by atoms with Gasteiger partial charge in [0.1, 0.15) is 11.2 Å². The minimum atomic E-state index is 0.568. The molecule has 133 valence electrons. The largest absolute Gasteiger partial charge is 0.456 e. The molecule has 2 heterocycles. The van der Waals surface area contributed by atoms with Crippen LogP contribution in [-0.2, 0) is 6.42 Å². The van der Waals surface area contributed by atoms with Crippen molar-refractivity contribution in [3.63, 3.8) is 0 Å². The fourth-order valence-electron chi connectivity index (χ4n) is 4.58. The summed E-state index contributed by atoms with van der Waals surface area (Å²) in [4.78, 5) is 0. The quantitative estimate of drug-likeness (QED) is 0.352. The highest BCUT2D eigenvalue weighted by Gasteiger charge is 2.21. The summed E-state index contributed by atoms with van der Waals surface area (Å²) in [6.07, 6.45) is 5.68. The van der Waals surface area contributed by atoms with Gasteiger partial charge in [0.25, 0.3) is 0 Å². The number of nitrogens with zero attached hydrogens (tertiary/aromatic N) is 1. The lowest BCUT2D eigenvalue weighted by Gasteiger charge is -2.16. The lowest BCUT2D eigenvalue weighted by Crippen LogP contribution is -2.09. The van der Waals surface area contributed by atoms with Gasteiger partial charge in [-0.15, -0.1) is 0 Å². The first-order chi connectivity index (χ1) is 13.7. The van der Waals surface area contributed by atoms with Gasteiger partial charge in [-0.25, -0.2) is 0 Å². The number of aromatic nitrogens is 1. The van der Waals surface area contributed by atoms with E-state index in [-0.39, 0.29) is 0 Å². The molecular formula is C25H18NOSi. The van der Waals surface area contributed by atoms with Crippen molar-refractivity contribution < 1.29 is 4.42 Å². The van der Waals surface area contributed by atoms with Crippen LogP contribution < -0.4 is 5.19 Å². The third kappa shape index (κ3) is 2.14. The van der Waals surface area contributed by atoms with Gasteiger partial charge in [0, 0.05) is 27.5 Å². The predicted molar refractivity (Wildman–Crippen MR) is 118 cm³/mol. The SMILES string of the molecule is CC1C=Cc2c(c3ccccc3n2-c2cc([Si])c3oc4ccccc4c3c2)C1. The van der Waals surface area contributed by atoms with Crippen molar-refractivity contribution >= 4 is 54.3 Å². The molecule has 1 aliphatic carbocycles. The summed E-state index contributed by atoms with van der Waals surface area (Å²) >= 11 is 0. The Morgan fingerprint density at radius 2 is 1.75 bits per heavy atom. The van der Waals surface area contributed by atoms with Crippen molar-refractivity contribution in [2.24, 2.45) is 5.92 Å². The van der Waals surface area contributed by atoms with Crippen LogP contribution in [0.5, 0.6) is 0 Å². The van der Waals surface area contributed by atoms with Crippen molar-refractivity contribution in [3.05, 3.63) is 78.0 Å². The zero-order chi connectivity index (χ0) is 18.8. The Balaban J connectivity index is 1.72. The van der Waals surface area contributed by atoms with Crippen molar-refractivity contribution in [1.82, 2.24) is 4.57 Å². The van der Waals surface area contributed by atoms with E-state index < -0.39 is 0 Å². The minimum absolute atomic E-state index is 0.568. The average molecular weight is 377 g/mol. The number of rotatable bonds is 1. The highest BCUT2D eigenvalue weighted by atomic mass is 28.1. The van der Waals surface area contributed by atoms with E-state index in [2.05, 4.69) is 82.4 Å². The van der Waals surface area contributed by atoms with Gasteiger partial charge in [-0.05, 0) is 53.4 Å². The predicted octanol–water partition coefficient (Wildman–Crippen LogP) is 5.53. The van der Waals surface area contributed by atoms with Gasteiger partial charge < -0.3 is 8.98 Å². The summed E-state index contributed by atoms with van der Waals surface area (Å²) in [6, 6.07) is 21.4. The summed E-state index contributed by atoms with van der Waals surface area (Å²) in [7, 11) is 3.82. The molecule has 28 heavy (non-hydrogen) atoms. The van der Waals surface area contributed by atoms with Gasteiger partial charge in [-0.1, -0.05) is 49.4 Å². The van der Waals surface area contributed by atoms with Gasteiger partial charge in [-0.3, -0.25) is 0 Å². The van der Waals surface area contributed by atoms with Gasteiger partial charge in [0.2, 0.25) is 0 Å². The molecule has 1 aliphatic rings. The highest BCUT2D eigenvalue weighted by Crippen LogP contribution is 2.36.